The molecule has 0 fully saturated rings. The van der Waals surface area contributed by atoms with Gasteiger partial charge in [-0.1, -0.05) is 12.1 Å². The second-order valence-corrected chi connectivity index (χ2v) is 8.37. The van der Waals surface area contributed by atoms with Crippen molar-refractivity contribution in [3.05, 3.63) is 95.6 Å². The van der Waals surface area contributed by atoms with Gasteiger partial charge < -0.3 is 5.32 Å². The molecule has 2 aromatic carbocycles. The van der Waals surface area contributed by atoms with Gasteiger partial charge in [0.15, 0.2) is 0 Å². The van der Waals surface area contributed by atoms with E-state index in [1.165, 1.54) is 17.7 Å². The number of amides is 1. The van der Waals surface area contributed by atoms with E-state index in [0.29, 0.717) is 29.1 Å². The number of halogens is 4. The lowest BCUT2D eigenvalue weighted by molar-refractivity contribution is -0.140. The summed E-state index contributed by atoms with van der Waals surface area (Å²) in [6, 6.07) is 12.7. The third-order valence-corrected chi connectivity index (χ3v) is 6.18. The molecule has 10 heteroatoms. The number of rotatable bonds is 4. The molecule has 0 aliphatic rings. The Morgan fingerprint density at radius 2 is 1.74 bits per heavy atom. The molecule has 5 rings (SSSR count). The molecule has 0 aliphatic heterocycles. The van der Waals surface area contributed by atoms with Crippen molar-refractivity contribution in [1.29, 1.82) is 0 Å². The van der Waals surface area contributed by atoms with Crippen molar-refractivity contribution in [2.45, 2.75) is 6.18 Å². The van der Waals surface area contributed by atoms with Crippen LogP contribution in [0.3, 0.4) is 0 Å². The van der Waals surface area contributed by atoms with Gasteiger partial charge in [0.25, 0.3) is 5.91 Å². The highest BCUT2D eigenvalue weighted by atomic mass is 32.1. The van der Waals surface area contributed by atoms with Gasteiger partial charge >= 0.3 is 6.18 Å². The Balaban J connectivity index is 1.50. The third-order valence-electron chi connectivity index (χ3n) is 5.29. The standard InChI is InChI=1S/C25H14F4N4OS/c26-20-5-4-16(11-19(20)25(27,28)29)23(34)33-17-3-1-2-15(10-17)22-21-18(14-6-8-30-9-7-14)12-35-24(21)32-13-31-22/h1-13H,(H,33,34). The molecule has 0 aliphatic carbocycles. The van der Waals surface area contributed by atoms with E-state index >= 15 is 0 Å². The molecule has 0 saturated carbocycles. The van der Waals surface area contributed by atoms with Crippen LogP contribution >= 0.6 is 11.3 Å². The maximum atomic E-state index is 13.6. The van der Waals surface area contributed by atoms with Crippen molar-refractivity contribution >= 4 is 33.1 Å². The Kier molecular flexibility index (Phi) is 5.73. The number of pyridine rings is 1. The van der Waals surface area contributed by atoms with Crippen molar-refractivity contribution in [2.75, 3.05) is 5.32 Å². The van der Waals surface area contributed by atoms with Crippen LogP contribution in [0.1, 0.15) is 15.9 Å². The van der Waals surface area contributed by atoms with E-state index in [2.05, 4.69) is 20.3 Å². The van der Waals surface area contributed by atoms with Gasteiger partial charge in [-0.3, -0.25) is 9.78 Å². The van der Waals surface area contributed by atoms with Crippen LogP contribution in [-0.4, -0.2) is 20.9 Å². The highest BCUT2D eigenvalue weighted by Crippen LogP contribution is 2.38. The van der Waals surface area contributed by atoms with Gasteiger partial charge in [0, 0.05) is 45.5 Å². The fourth-order valence-corrected chi connectivity index (χ4v) is 4.59. The first-order valence-electron chi connectivity index (χ1n) is 10.2. The summed E-state index contributed by atoms with van der Waals surface area (Å²) < 4.78 is 52.7. The number of hydrogen-bond acceptors (Lipinski definition) is 5. The first-order valence-corrected chi connectivity index (χ1v) is 11.1. The van der Waals surface area contributed by atoms with Crippen LogP contribution in [0.15, 0.2) is 78.7 Å². The molecule has 0 unspecified atom stereocenters. The topological polar surface area (TPSA) is 67.8 Å². The molecule has 1 N–H and O–H groups in total. The summed E-state index contributed by atoms with van der Waals surface area (Å²) in [5.74, 6) is -2.24. The van der Waals surface area contributed by atoms with Gasteiger partial charge in [-0.15, -0.1) is 11.3 Å². The average molecular weight is 494 g/mol. The van der Waals surface area contributed by atoms with Gasteiger partial charge in [0.2, 0.25) is 0 Å². The van der Waals surface area contributed by atoms with E-state index in [0.717, 1.165) is 27.4 Å². The van der Waals surface area contributed by atoms with Gasteiger partial charge in [-0.05, 0) is 48.0 Å². The first-order chi connectivity index (χ1) is 16.8. The van der Waals surface area contributed by atoms with Gasteiger partial charge in [-0.25, -0.2) is 14.4 Å². The van der Waals surface area contributed by atoms with Crippen LogP contribution < -0.4 is 5.32 Å². The number of anilines is 1. The molecule has 0 atom stereocenters. The normalized spacial score (nSPS) is 11.5. The molecule has 5 aromatic rings. The summed E-state index contributed by atoms with van der Waals surface area (Å²) in [4.78, 5) is 26.3. The number of alkyl halides is 3. The van der Waals surface area contributed by atoms with E-state index in [-0.39, 0.29) is 5.56 Å². The zero-order chi connectivity index (χ0) is 24.6. The minimum Gasteiger partial charge on any atom is -0.322 e. The molecule has 1 amide bonds. The predicted octanol–water partition coefficient (Wildman–Crippen LogP) is 6.83. The summed E-state index contributed by atoms with van der Waals surface area (Å²) in [7, 11) is 0. The number of carbonyl (C=O) groups excluding carboxylic acids is 1. The number of nitrogens with zero attached hydrogens (tertiary/aromatic N) is 3. The quantitative estimate of drug-likeness (QED) is 0.278. The summed E-state index contributed by atoms with van der Waals surface area (Å²) in [5, 5.41) is 5.39. The lowest BCUT2D eigenvalue weighted by atomic mass is 10.0. The smallest absolute Gasteiger partial charge is 0.322 e. The third kappa shape index (κ3) is 4.47. The van der Waals surface area contributed by atoms with E-state index in [4.69, 9.17) is 0 Å². The number of hydrogen-bond donors (Lipinski definition) is 1. The minimum atomic E-state index is -4.91. The lowest BCUT2D eigenvalue weighted by Gasteiger charge is -2.11. The zero-order valence-electron chi connectivity index (χ0n) is 17.7. The number of fused-ring (bicyclic) bond motifs is 1. The molecule has 5 nitrogen and oxygen atoms in total. The summed E-state index contributed by atoms with van der Waals surface area (Å²) in [5.41, 5.74) is 1.74. The minimum absolute atomic E-state index is 0.314. The Hall–Kier alpha value is -4.18. The molecular weight excluding hydrogens is 480 g/mol. The summed E-state index contributed by atoms with van der Waals surface area (Å²) in [6.07, 6.45) is -0.0745. The van der Waals surface area contributed by atoms with Gasteiger partial charge in [0.05, 0.1) is 11.3 Å². The molecule has 0 saturated heterocycles. The Morgan fingerprint density at radius 1 is 0.943 bits per heavy atom. The van der Waals surface area contributed by atoms with Crippen molar-refractivity contribution in [3.63, 3.8) is 0 Å². The number of aromatic nitrogens is 3. The fourth-order valence-electron chi connectivity index (χ4n) is 3.67. The van der Waals surface area contributed by atoms with Crippen LogP contribution in [0.2, 0.25) is 0 Å². The van der Waals surface area contributed by atoms with Gasteiger partial charge in [0.1, 0.15) is 17.0 Å². The highest BCUT2D eigenvalue weighted by molar-refractivity contribution is 7.17. The van der Waals surface area contributed by atoms with Crippen LogP contribution in [0.25, 0.3) is 32.6 Å². The van der Waals surface area contributed by atoms with Crippen LogP contribution in [-0.2, 0) is 6.18 Å². The molecule has 3 heterocycles. The van der Waals surface area contributed by atoms with Crippen LogP contribution in [0.5, 0.6) is 0 Å². The van der Waals surface area contributed by atoms with Crippen LogP contribution in [0.4, 0.5) is 23.2 Å². The Labute approximate surface area is 200 Å². The Morgan fingerprint density at radius 3 is 2.51 bits per heavy atom. The van der Waals surface area contributed by atoms with Crippen LogP contribution in [0, 0.1) is 5.82 Å². The molecular formula is C25H14F4N4OS. The zero-order valence-corrected chi connectivity index (χ0v) is 18.5. The maximum Gasteiger partial charge on any atom is 0.419 e. The lowest BCUT2D eigenvalue weighted by Crippen LogP contribution is -2.15. The fraction of sp³-hybridized carbons (Fsp3) is 0.0400. The Bertz CT molecular complexity index is 1550. The molecule has 0 spiro atoms. The van der Waals surface area contributed by atoms with E-state index in [9.17, 15) is 22.4 Å². The number of benzene rings is 2. The molecule has 174 valence electrons. The SMILES string of the molecule is O=C(Nc1cccc(-c2ncnc3scc(-c4ccncc4)c23)c1)c1ccc(F)c(C(F)(F)F)c1. The van der Waals surface area contributed by atoms with E-state index < -0.39 is 23.5 Å². The van der Waals surface area contributed by atoms with Crippen molar-refractivity contribution in [3.8, 4) is 22.4 Å². The number of thiophene rings is 1. The van der Waals surface area contributed by atoms with E-state index in [1.54, 1.807) is 30.6 Å². The highest BCUT2D eigenvalue weighted by Gasteiger charge is 2.34. The maximum absolute atomic E-state index is 13.6. The van der Waals surface area contributed by atoms with Crippen molar-refractivity contribution in [2.24, 2.45) is 0 Å². The van der Waals surface area contributed by atoms with E-state index in [1.807, 2.05) is 23.6 Å². The van der Waals surface area contributed by atoms with Gasteiger partial charge in [-0.2, -0.15) is 13.2 Å². The number of nitrogens with one attached hydrogen (secondary N) is 1. The molecule has 35 heavy (non-hydrogen) atoms. The van der Waals surface area contributed by atoms with Crippen molar-refractivity contribution < 1.29 is 22.4 Å². The largest absolute Gasteiger partial charge is 0.419 e. The molecule has 3 aromatic heterocycles. The summed E-state index contributed by atoms with van der Waals surface area (Å²) in [6.45, 7) is 0. The number of carbonyl (C=O) groups is 1. The second-order valence-electron chi connectivity index (χ2n) is 7.52. The molecule has 0 radical (unpaired) electrons. The summed E-state index contributed by atoms with van der Waals surface area (Å²) >= 11 is 1.47. The second kappa shape index (κ2) is 8.88. The first kappa shape index (κ1) is 22.6. The molecule has 0 bridgehead atoms. The van der Waals surface area contributed by atoms with Crippen molar-refractivity contribution in [1.82, 2.24) is 15.0 Å². The predicted molar refractivity (Wildman–Crippen MR) is 125 cm³/mol. The monoisotopic (exact) mass is 494 g/mol. The average Bonchev–Trinajstić information content (AvgIpc) is 3.29.